The van der Waals surface area contributed by atoms with Crippen molar-refractivity contribution in [3.8, 4) is 0 Å². The number of nitrogens with one attached hydrogen (secondary N) is 2. The van der Waals surface area contributed by atoms with Crippen LogP contribution in [0.15, 0.2) is 84.0 Å². The minimum absolute atomic E-state index is 0.0196. The molecule has 3 aromatic carbocycles. The monoisotopic (exact) mass is 462 g/mol. The summed E-state index contributed by atoms with van der Waals surface area (Å²) in [5.74, 6) is 0.688. The molecule has 8 heteroatoms. The minimum atomic E-state index is -3.17. The summed E-state index contributed by atoms with van der Waals surface area (Å²) in [6.07, 6.45) is 0.259. The van der Waals surface area contributed by atoms with E-state index in [9.17, 15) is 13.2 Å². The molecule has 0 radical (unpaired) electrons. The normalized spacial score (nSPS) is 13.7. The van der Waals surface area contributed by atoms with Gasteiger partial charge in [0, 0.05) is 17.5 Å². The van der Waals surface area contributed by atoms with E-state index >= 15 is 0 Å². The Hall–Kier alpha value is -3.49. The molecule has 7 nitrogen and oxygen atoms in total. The van der Waals surface area contributed by atoms with Crippen molar-refractivity contribution in [1.82, 2.24) is 11.1 Å². The fraction of sp³-hybridized carbons (Fsp3) is 0.200. The summed E-state index contributed by atoms with van der Waals surface area (Å²) in [7, 11) is -3.17. The maximum atomic E-state index is 12.7. The topological polar surface area (TPSA) is 90.9 Å². The molecular weight excluding hydrogens is 436 g/mol. The smallest absolute Gasteiger partial charge is 0.177 e. The van der Waals surface area contributed by atoms with Crippen LogP contribution in [0.1, 0.15) is 40.9 Å². The van der Waals surface area contributed by atoms with Gasteiger partial charge in [-0.3, -0.25) is 4.79 Å². The number of ketones is 1. The number of hydrogen-bond donors (Lipinski definition) is 2. The number of Topliss-reactive ketones (excluding diaryl/α,β-unsaturated/α-hetero) is 1. The number of rotatable bonds is 8. The van der Waals surface area contributed by atoms with E-state index in [1.807, 2.05) is 59.6 Å². The Morgan fingerprint density at radius 1 is 0.909 bits per heavy atom. The van der Waals surface area contributed by atoms with Gasteiger partial charge in [-0.05, 0) is 37.1 Å². The van der Waals surface area contributed by atoms with E-state index in [0.29, 0.717) is 11.1 Å². The van der Waals surface area contributed by atoms with E-state index in [1.165, 1.54) is 0 Å². The summed E-state index contributed by atoms with van der Waals surface area (Å²) in [6.45, 7) is 3.34. The number of hydrazine groups is 2. The summed E-state index contributed by atoms with van der Waals surface area (Å²) in [5.41, 5.74) is 9.78. The van der Waals surface area contributed by atoms with Crippen LogP contribution >= 0.6 is 0 Å². The molecule has 170 valence electrons. The van der Waals surface area contributed by atoms with Crippen molar-refractivity contribution in [1.29, 1.82) is 0 Å². The van der Waals surface area contributed by atoms with Crippen LogP contribution in [0.3, 0.4) is 0 Å². The summed E-state index contributed by atoms with van der Waals surface area (Å²) in [5, 5.41) is 5.74. The zero-order valence-electron chi connectivity index (χ0n) is 18.5. The van der Waals surface area contributed by atoms with Crippen LogP contribution < -0.4 is 16.1 Å². The van der Waals surface area contributed by atoms with Gasteiger partial charge in [0.1, 0.15) is 0 Å². The highest BCUT2D eigenvalue weighted by atomic mass is 32.2. The molecule has 0 bridgehead atoms. The molecule has 0 saturated heterocycles. The Balaban J connectivity index is 1.41. The SMILES string of the molecule is CC(C)S(=O)(=O)Cc1ccc(C(=O)Cc2ccc(C3=NNNN3c3ccccc3)cc2)cc1. The Labute approximate surface area is 194 Å². The van der Waals surface area contributed by atoms with Crippen LogP contribution in [0.2, 0.25) is 0 Å². The molecule has 0 spiro atoms. The molecule has 1 aliphatic rings. The van der Waals surface area contributed by atoms with E-state index < -0.39 is 15.1 Å². The van der Waals surface area contributed by atoms with Crippen LogP contribution in [0.25, 0.3) is 0 Å². The van der Waals surface area contributed by atoms with Crippen molar-refractivity contribution in [2.45, 2.75) is 31.3 Å². The molecule has 0 amide bonds. The van der Waals surface area contributed by atoms with Crippen LogP contribution in [0.5, 0.6) is 0 Å². The second-order valence-corrected chi connectivity index (χ2v) is 10.7. The maximum absolute atomic E-state index is 12.7. The highest BCUT2D eigenvalue weighted by Crippen LogP contribution is 2.19. The molecule has 1 aliphatic heterocycles. The van der Waals surface area contributed by atoms with Crippen LogP contribution in [-0.2, 0) is 22.0 Å². The number of anilines is 1. The van der Waals surface area contributed by atoms with Gasteiger partial charge in [-0.25, -0.2) is 19.0 Å². The highest BCUT2D eigenvalue weighted by molar-refractivity contribution is 7.91. The van der Waals surface area contributed by atoms with Gasteiger partial charge in [-0.15, -0.1) is 10.6 Å². The summed E-state index contributed by atoms with van der Waals surface area (Å²) in [6, 6.07) is 24.4. The average Bonchev–Trinajstić information content (AvgIpc) is 3.30. The predicted molar refractivity (Wildman–Crippen MR) is 130 cm³/mol. The molecule has 4 rings (SSSR count). The number of carbonyl (C=O) groups excluding carboxylic acids is 1. The number of hydrogen-bond acceptors (Lipinski definition) is 7. The van der Waals surface area contributed by atoms with E-state index in [4.69, 9.17) is 0 Å². The standard InChI is InChI=1S/C25H26N4O3S/c1-18(2)33(31,32)17-20-10-12-21(13-11-20)24(30)16-19-8-14-22(15-9-19)25-26-27-28-29(25)23-6-4-3-5-7-23/h3-15,18,27-28H,16-17H2,1-2H3. The molecule has 3 aromatic rings. The first-order chi connectivity index (χ1) is 15.8. The lowest BCUT2D eigenvalue weighted by molar-refractivity contribution is 0.0993. The van der Waals surface area contributed by atoms with Crippen molar-refractivity contribution < 1.29 is 13.2 Å². The van der Waals surface area contributed by atoms with E-state index in [-0.39, 0.29) is 18.0 Å². The number of hydrazone groups is 1. The number of carbonyl (C=O) groups is 1. The first-order valence-electron chi connectivity index (χ1n) is 10.7. The van der Waals surface area contributed by atoms with E-state index in [2.05, 4.69) is 16.2 Å². The average molecular weight is 463 g/mol. The lowest BCUT2D eigenvalue weighted by atomic mass is 10.0. The number of para-hydroxylation sites is 1. The van der Waals surface area contributed by atoms with E-state index in [0.717, 1.165) is 22.6 Å². The van der Waals surface area contributed by atoms with E-state index in [1.54, 1.807) is 38.1 Å². The Kier molecular flexibility index (Phi) is 6.57. The molecule has 2 N–H and O–H groups in total. The Bertz CT molecular complexity index is 1250. The molecule has 33 heavy (non-hydrogen) atoms. The molecule has 0 unspecified atom stereocenters. The molecule has 0 aromatic heterocycles. The van der Waals surface area contributed by atoms with Crippen LogP contribution in [-0.4, -0.2) is 25.3 Å². The zero-order valence-corrected chi connectivity index (χ0v) is 19.3. The Morgan fingerprint density at radius 2 is 1.55 bits per heavy atom. The highest BCUT2D eigenvalue weighted by Gasteiger charge is 2.20. The lowest BCUT2D eigenvalue weighted by Gasteiger charge is -2.19. The third-order valence-corrected chi connectivity index (χ3v) is 7.66. The Morgan fingerprint density at radius 3 is 2.18 bits per heavy atom. The molecule has 0 aliphatic carbocycles. The van der Waals surface area contributed by atoms with Crippen LogP contribution in [0.4, 0.5) is 5.69 Å². The fourth-order valence-corrected chi connectivity index (χ4v) is 4.42. The van der Waals surface area contributed by atoms with Crippen molar-refractivity contribution in [2.24, 2.45) is 5.10 Å². The van der Waals surface area contributed by atoms with Gasteiger partial charge in [0.25, 0.3) is 0 Å². The quantitative estimate of drug-likeness (QED) is 0.497. The van der Waals surface area contributed by atoms with Crippen molar-refractivity contribution in [3.63, 3.8) is 0 Å². The van der Waals surface area contributed by atoms with Crippen molar-refractivity contribution >= 4 is 27.1 Å². The number of benzene rings is 3. The molecule has 0 fully saturated rings. The largest absolute Gasteiger partial charge is 0.294 e. The first kappa shape index (κ1) is 22.7. The van der Waals surface area contributed by atoms with Gasteiger partial charge in [0.05, 0.1) is 16.7 Å². The summed E-state index contributed by atoms with van der Waals surface area (Å²) >= 11 is 0. The number of sulfone groups is 1. The fourth-order valence-electron chi connectivity index (χ4n) is 3.43. The second kappa shape index (κ2) is 9.56. The van der Waals surface area contributed by atoms with Crippen molar-refractivity contribution in [3.05, 3.63) is 101 Å². The zero-order chi connectivity index (χ0) is 23.4. The maximum Gasteiger partial charge on any atom is 0.177 e. The molecule has 0 saturated carbocycles. The lowest BCUT2D eigenvalue weighted by Crippen LogP contribution is -2.41. The number of nitrogens with zero attached hydrogens (tertiary/aromatic N) is 2. The summed E-state index contributed by atoms with van der Waals surface area (Å²) < 4.78 is 24.2. The summed E-state index contributed by atoms with van der Waals surface area (Å²) in [4.78, 5) is 12.7. The second-order valence-electron chi connectivity index (χ2n) is 8.18. The van der Waals surface area contributed by atoms with Gasteiger partial charge in [-0.1, -0.05) is 66.7 Å². The van der Waals surface area contributed by atoms with Gasteiger partial charge >= 0.3 is 0 Å². The minimum Gasteiger partial charge on any atom is -0.294 e. The molecule has 0 atom stereocenters. The van der Waals surface area contributed by atoms with Gasteiger partial charge < -0.3 is 0 Å². The third kappa shape index (κ3) is 5.30. The number of amidine groups is 1. The molecular formula is C25H26N4O3S. The van der Waals surface area contributed by atoms with Crippen molar-refractivity contribution in [2.75, 3.05) is 5.01 Å². The first-order valence-corrected chi connectivity index (χ1v) is 12.4. The predicted octanol–water partition coefficient (Wildman–Crippen LogP) is 3.63. The molecule has 1 heterocycles. The van der Waals surface area contributed by atoms with Crippen LogP contribution in [0, 0.1) is 0 Å². The third-order valence-electron chi connectivity index (χ3n) is 5.49. The van der Waals surface area contributed by atoms with Gasteiger partial charge in [0.2, 0.25) is 0 Å². The van der Waals surface area contributed by atoms with Gasteiger partial charge in [-0.2, -0.15) is 0 Å². The van der Waals surface area contributed by atoms with Gasteiger partial charge in [0.15, 0.2) is 21.5 Å².